The molecule has 3 aromatic rings. The Morgan fingerprint density at radius 3 is 2.54 bits per heavy atom. The van der Waals surface area contributed by atoms with Gasteiger partial charge < -0.3 is 20.1 Å². The Balaban J connectivity index is 1.45. The number of nitrogens with one attached hydrogen (secondary N) is 2. The summed E-state index contributed by atoms with van der Waals surface area (Å²) in [5, 5.41) is 8.00. The van der Waals surface area contributed by atoms with Crippen molar-refractivity contribution in [2.75, 3.05) is 24.4 Å². The minimum Gasteiger partial charge on any atom is -0.497 e. The summed E-state index contributed by atoms with van der Waals surface area (Å²) in [5.41, 5.74) is 1.86. The number of esters is 1. The smallest absolute Gasteiger partial charge is 0.358 e. The number of benzene rings is 2. The summed E-state index contributed by atoms with van der Waals surface area (Å²) in [6.45, 7) is 0.211. The summed E-state index contributed by atoms with van der Waals surface area (Å²) in [5.74, 6) is -0.394. The lowest BCUT2D eigenvalue weighted by Crippen LogP contribution is -2.21. The van der Waals surface area contributed by atoms with Gasteiger partial charge in [-0.05, 0) is 29.8 Å². The van der Waals surface area contributed by atoms with Crippen molar-refractivity contribution in [2.24, 2.45) is 0 Å². The van der Waals surface area contributed by atoms with Gasteiger partial charge in [0.25, 0.3) is 5.91 Å². The molecule has 1 amide bonds. The highest BCUT2D eigenvalue weighted by molar-refractivity contribution is 7.13. The lowest BCUT2D eigenvalue weighted by molar-refractivity contribution is -0.119. The van der Waals surface area contributed by atoms with E-state index in [9.17, 15) is 9.59 Å². The van der Waals surface area contributed by atoms with Crippen LogP contribution < -0.4 is 15.4 Å². The van der Waals surface area contributed by atoms with Gasteiger partial charge in [-0.2, -0.15) is 0 Å². The molecule has 0 radical (unpaired) electrons. The van der Waals surface area contributed by atoms with Crippen molar-refractivity contribution >= 4 is 34.0 Å². The number of anilines is 2. The molecule has 3 rings (SSSR count). The van der Waals surface area contributed by atoms with Gasteiger partial charge in [0.2, 0.25) is 0 Å². The number of amides is 1. The Hall–Kier alpha value is -3.39. The van der Waals surface area contributed by atoms with E-state index < -0.39 is 18.5 Å². The normalized spacial score (nSPS) is 10.2. The second kappa shape index (κ2) is 9.52. The van der Waals surface area contributed by atoms with Crippen LogP contribution in [0.1, 0.15) is 16.1 Å². The Morgan fingerprint density at radius 1 is 1.07 bits per heavy atom. The maximum atomic E-state index is 12.1. The Morgan fingerprint density at radius 2 is 1.82 bits per heavy atom. The first kappa shape index (κ1) is 19.4. The quantitative estimate of drug-likeness (QED) is 0.565. The lowest BCUT2D eigenvalue weighted by Gasteiger charge is -2.06. The highest BCUT2D eigenvalue weighted by Crippen LogP contribution is 2.17. The summed E-state index contributed by atoms with van der Waals surface area (Å²) in [6.07, 6.45) is 0. The first-order valence-electron chi connectivity index (χ1n) is 8.48. The highest BCUT2D eigenvalue weighted by atomic mass is 32.1. The number of rotatable bonds is 8. The van der Waals surface area contributed by atoms with Gasteiger partial charge in [0.1, 0.15) is 5.75 Å². The van der Waals surface area contributed by atoms with Crippen molar-refractivity contribution in [3.05, 3.63) is 71.2 Å². The van der Waals surface area contributed by atoms with Gasteiger partial charge in [0.05, 0.1) is 7.11 Å². The number of thiazole rings is 1. The number of carbonyl (C=O) groups is 2. The third-order valence-electron chi connectivity index (χ3n) is 3.71. The fourth-order valence-electron chi connectivity index (χ4n) is 2.30. The molecule has 0 aliphatic carbocycles. The molecule has 0 spiro atoms. The van der Waals surface area contributed by atoms with Crippen LogP contribution in [0.2, 0.25) is 0 Å². The lowest BCUT2D eigenvalue weighted by atomic mass is 10.2. The van der Waals surface area contributed by atoms with Crippen LogP contribution in [-0.4, -0.2) is 30.6 Å². The molecule has 0 saturated carbocycles. The number of methoxy groups -OCH3 is 1. The topological polar surface area (TPSA) is 89.5 Å². The van der Waals surface area contributed by atoms with E-state index in [1.165, 1.54) is 11.3 Å². The molecule has 0 aliphatic heterocycles. The van der Waals surface area contributed by atoms with Gasteiger partial charge in [-0.3, -0.25) is 4.79 Å². The molecular weight excluding hydrogens is 378 g/mol. The Kier molecular flexibility index (Phi) is 6.59. The molecule has 0 fully saturated rings. The standard InChI is InChI=1S/C20H19N3O4S/c1-26-16-9-7-15(8-10-16)22-18(24)12-27-19(25)17-13-28-20(23-17)21-11-14-5-3-2-4-6-14/h2-10,13H,11-12H2,1H3,(H,21,23)(H,22,24). The Bertz CT molecular complexity index is 926. The molecule has 2 aromatic carbocycles. The van der Waals surface area contributed by atoms with Crippen LogP contribution in [0.5, 0.6) is 5.75 Å². The molecular formula is C20H19N3O4S. The number of carbonyl (C=O) groups excluding carboxylic acids is 2. The highest BCUT2D eigenvalue weighted by Gasteiger charge is 2.14. The van der Waals surface area contributed by atoms with Crippen LogP contribution in [0.15, 0.2) is 60.0 Å². The van der Waals surface area contributed by atoms with Crippen LogP contribution in [0.25, 0.3) is 0 Å². The zero-order valence-electron chi connectivity index (χ0n) is 15.2. The maximum absolute atomic E-state index is 12.1. The van der Waals surface area contributed by atoms with Gasteiger partial charge in [0, 0.05) is 17.6 Å². The summed E-state index contributed by atoms with van der Waals surface area (Å²) in [4.78, 5) is 28.2. The third-order valence-corrected chi connectivity index (χ3v) is 4.51. The van der Waals surface area contributed by atoms with Crippen LogP contribution in [0.4, 0.5) is 10.8 Å². The molecule has 0 unspecified atom stereocenters. The van der Waals surface area contributed by atoms with Crippen molar-refractivity contribution in [3.8, 4) is 5.75 Å². The van der Waals surface area contributed by atoms with Crippen LogP contribution >= 0.6 is 11.3 Å². The van der Waals surface area contributed by atoms with E-state index in [1.807, 2.05) is 30.3 Å². The number of hydrogen-bond acceptors (Lipinski definition) is 7. The number of aromatic nitrogens is 1. The molecule has 0 bridgehead atoms. The SMILES string of the molecule is COc1ccc(NC(=O)COC(=O)c2csc(NCc3ccccc3)n2)cc1. The van der Waals surface area contributed by atoms with Crippen molar-refractivity contribution in [3.63, 3.8) is 0 Å². The van der Waals surface area contributed by atoms with Gasteiger partial charge in [-0.1, -0.05) is 30.3 Å². The largest absolute Gasteiger partial charge is 0.497 e. The predicted octanol–water partition coefficient (Wildman–Crippen LogP) is 3.56. The van der Waals surface area contributed by atoms with Gasteiger partial charge in [-0.25, -0.2) is 9.78 Å². The second-order valence-corrected chi connectivity index (χ2v) is 6.59. The number of nitrogens with zero attached hydrogens (tertiary/aromatic N) is 1. The third kappa shape index (κ3) is 5.55. The molecule has 0 aliphatic rings. The zero-order valence-corrected chi connectivity index (χ0v) is 16.0. The van der Waals surface area contributed by atoms with Crippen molar-refractivity contribution < 1.29 is 19.1 Å². The molecule has 1 heterocycles. The van der Waals surface area contributed by atoms with E-state index in [0.29, 0.717) is 23.1 Å². The molecule has 1 aromatic heterocycles. The molecule has 0 saturated heterocycles. The van der Waals surface area contributed by atoms with Crippen LogP contribution in [-0.2, 0) is 16.1 Å². The average Bonchev–Trinajstić information content (AvgIpc) is 3.21. The van der Waals surface area contributed by atoms with Crippen molar-refractivity contribution in [1.82, 2.24) is 4.98 Å². The summed E-state index contributed by atoms with van der Waals surface area (Å²) >= 11 is 1.30. The molecule has 2 N–H and O–H groups in total. The Labute approximate surface area is 166 Å². The molecule has 8 heteroatoms. The number of hydrogen-bond donors (Lipinski definition) is 2. The van der Waals surface area contributed by atoms with E-state index in [1.54, 1.807) is 36.8 Å². The minimum atomic E-state index is -0.645. The van der Waals surface area contributed by atoms with Gasteiger partial charge in [-0.15, -0.1) is 11.3 Å². The van der Waals surface area contributed by atoms with Gasteiger partial charge in [0.15, 0.2) is 17.4 Å². The van der Waals surface area contributed by atoms with Crippen molar-refractivity contribution in [1.29, 1.82) is 0 Å². The van der Waals surface area contributed by atoms with E-state index >= 15 is 0 Å². The molecule has 7 nitrogen and oxygen atoms in total. The monoisotopic (exact) mass is 397 g/mol. The zero-order chi connectivity index (χ0) is 19.8. The predicted molar refractivity (Wildman–Crippen MR) is 108 cm³/mol. The second-order valence-electron chi connectivity index (χ2n) is 5.73. The minimum absolute atomic E-state index is 0.165. The maximum Gasteiger partial charge on any atom is 0.358 e. The van der Waals surface area contributed by atoms with Crippen LogP contribution in [0, 0.1) is 0 Å². The number of ether oxygens (including phenoxy) is 2. The first-order valence-corrected chi connectivity index (χ1v) is 9.36. The fraction of sp³-hybridized carbons (Fsp3) is 0.150. The van der Waals surface area contributed by atoms with E-state index in [4.69, 9.17) is 9.47 Å². The molecule has 0 atom stereocenters. The van der Waals surface area contributed by atoms with Crippen molar-refractivity contribution in [2.45, 2.75) is 6.54 Å². The average molecular weight is 397 g/mol. The molecule has 144 valence electrons. The summed E-state index contributed by atoms with van der Waals surface area (Å²) < 4.78 is 10.1. The van der Waals surface area contributed by atoms with E-state index in [2.05, 4.69) is 15.6 Å². The summed E-state index contributed by atoms with van der Waals surface area (Å²) in [6, 6.07) is 16.7. The van der Waals surface area contributed by atoms with E-state index in [-0.39, 0.29) is 5.69 Å². The van der Waals surface area contributed by atoms with Gasteiger partial charge >= 0.3 is 5.97 Å². The molecule has 28 heavy (non-hydrogen) atoms. The van der Waals surface area contributed by atoms with Crippen LogP contribution in [0.3, 0.4) is 0 Å². The van der Waals surface area contributed by atoms with E-state index in [0.717, 1.165) is 5.56 Å². The fourth-order valence-corrected chi connectivity index (χ4v) is 2.98. The first-order chi connectivity index (χ1) is 13.6. The summed E-state index contributed by atoms with van der Waals surface area (Å²) in [7, 11) is 1.56.